The minimum Gasteiger partial charge on any atom is -0.484 e. The molecule has 156 valence electrons. The summed E-state index contributed by atoms with van der Waals surface area (Å²) in [6.45, 7) is 2.89. The van der Waals surface area contributed by atoms with E-state index in [1.807, 2.05) is 6.07 Å². The van der Waals surface area contributed by atoms with Gasteiger partial charge < -0.3 is 14.8 Å². The number of nitrogens with one attached hydrogen (secondary N) is 1. The Labute approximate surface area is 172 Å². The van der Waals surface area contributed by atoms with Crippen molar-refractivity contribution in [3.05, 3.63) is 65.0 Å². The molecule has 0 saturated heterocycles. The predicted octanol–water partition coefficient (Wildman–Crippen LogP) is 1.51. The minimum absolute atomic E-state index is 0.238. The number of nitrogens with zero attached hydrogens (tertiary/aromatic N) is 3. The average molecular weight is 410 g/mol. The molecule has 2 aromatic carbocycles. The molecule has 0 aliphatic carbocycles. The molecule has 0 saturated carbocycles. The summed E-state index contributed by atoms with van der Waals surface area (Å²) in [6, 6.07) is 14.7. The Morgan fingerprint density at radius 3 is 2.50 bits per heavy atom. The highest BCUT2D eigenvalue weighted by atomic mass is 16.5. The summed E-state index contributed by atoms with van der Waals surface area (Å²) in [5.74, 6) is -0.833. The summed E-state index contributed by atoms with van der Waals surface area (Å²) in [6.07, 6.45) is 0. The number of hydrogen-bond acceptors (Lipinski definition) is 7. The zero-order valence-electron chi connectivity index (χ0n) is 16.6. The lowest BCUT2D eigenvalue weighted by Gasteiger charge is -2.21. The molecule has 1 amide bonds. The van der Waals surface area contributed by atoms with E-state index in [1.165, 1.54) is 0 Å². The fraction of sp³-hybridized carbons (Fsp3) is 0.286. The molecular weight excluding hydrogens is 388 g/mol. The molecule has 0 fully saturated rings. The van der Waals surface area contributed by atoms with Gasteiger partial charge in [0.1, 0.15) is 17.3 Å². The number of carbonyl (C=O) groups is 2. The number of carbonyl (C=O) groups excluding carboxylic acids is 2. The van der Waals surface area contributed by atoms with Crippen LogP contribution in [-0.2, 0) is 21.1 Å². The molecule has 0 bridgehead atoms. The van der Waals surface area contributed by atoms with Gasteiger partial charge in [0.05, 0.1) is 5.39 Å². The monoisotopic (exact) mass is 410 g/mol. The predicted molar refractivity (Wildman–Crippen MR) is 109 cm³/mol. The van der Waals surface area contributed by atoms with Crippen LogP contribution in [0.15, 0.2) is 59.4 Å². The highest BCUT2D eigenvalue weighted by Gasteiger charge is 2.26. The molecule has 1 N–H and O–H groups in total. The van der Waals surface area contributed by atoms with E-state index in [4.69, 9.17) is 9.47 Å². The lowest BCUT2D eigenvalue weighted by molar-refractivity contribution is -0.153. The zero-order valence-corrected chi connectivity index (χ0v) is 16.6. The van der Waals surface area contributed by atoms with E-state index < -0.39 is 30.2 Å². The number of amides is 1. The molecule has 1 aromatic heterocycles. The van der Waals surface area contributed by atoms with Crippen molar-refractivity contribution in [3.8, 4) is 5.75 Å². The third-order valence-electron chi connectivity index (χ3n) is 4.31. The molecular formula is C21H22N4O5. The summed E-state index contributed by atoms with van der Waals surface area (Å²) in [4.78, 5) is 37.1. The number of ether oxygens (including phenoxy) is 2. The normalized spacial score (nSPS) is 11.8. The van der Waals surface area contributed by atoms with Gasteiger partial charge in [-0.3, -0.25) is 9.59 Å². The lowest BCUT2D eigenvalue weighted by Crippen LogP contribution is -2.47. The molecule has 0 unspecified atom stereocenters. The van der Waals surface area contributed by atoms with Crippen molar-refractivity contribution in [1.82, 2.24) is 20.3 Å². The Balaban J connectivity index is 1.59. The molecule has 30 heavy (non-hydrogen) atoms. The third-order valence-corrected chi connectivity index (χ3v) is 4.31. The van der Waals surface area contributed by atoms with Crippen molar-refractivity contribution in [2.24, 2.45) is 5.92 Å². The van der Waals surface area contributed by atoms with Gasteiger partial charge in [0.15, 0.2) is 13.3 Å². The summed E-state index contributed by atoms with van der Waals surface area (Å²) in [5.41, 5.74) is 0.0330. The molecule has 3 rings (SSSR count). The number of hydrogen-bond donors (Lipinski definition) is 1. The van der Waals surface area contributed by atoms with E-state index in [1.54, 1.807) is 62.4 Å². The van der Waals surface area contributed by atoms with Crippen molar-refractivity contribution in [3.63, 3.8) is 0 Å². The minimum atomic E-state index is -0.902. The average Bonchev–Trinajstić information content (AvgIpc) is 2.76. The lowest BCUT2D eigenvalue weighted by atomic mass is 10.0. The van der Waals surface area contributed by atoms with E-state index in [9.17, 15) is 14.4 Å². The van der Waals surface area contributed by atoms with Gasteiger partial charge in [-0.15, -0.1) is 5.10 Å². The first kappa shape index (κ1) is 21.0. The number of benzene rings is 2. The first-order chi connectivity index (χ1) is 14.5. The van der Waals surface area contributed by atoms with Crippen molar-refractivity contribution >= 4 is 22.8 Å². The summed E-state index contributed by atoms with van der Waals surface area (Å²) in [7, 11) is 0. The van der Waals surface area contributed by atoms with Gasteiger partial charge in [0.2, 0.25) is 0 Å². The zero-order chi connectivity index (χ0) is 21.5. The van der Waals surface area contributed by atoms with Crippen molar-refractivity contribution in [2.45, 2.75) is 26.6 Å². The second kappa shape index (κ2) is 9.64. The van der Waals surface area contributed by atoms with E-state index >= 15 is 0 Å². The molecule has 0 aliphatic rings. The fourth-order valence-electron chi connectivity index (χ4n) is 2.70. The topological polar surface area (TPSA) is 112 Å². The van der Waals surface area contributed by atoms with Gasteiger partial charge in [0, 0.05) is 0 Å². The third kappa shape index (κ3) is 5.19. The largest absolute Gasteiger partial charge is 0.484 e. The number of rotatable bonds is 8. The second-order valence-electron chi connectivity index (χ2n) is 6.89. The van der Waals surface area contributed by atoms with Gasteiger partial charge in [-0.25, -0.2) is 4.79 Å². The highest BCUT2D eigenvalue weighted by molar-refractivity contribution is 5.85. The first-order valence-electron chi connectivity index (χ1n) is 9.42. The SMILES string of the molecule is CC(C)[C@H](NC(=O)COc1ccccc1)C(=O)OCn1nnc2ccccc2c1=O. The van der Waals surface area contributed by atoms with Gasteiger partial charge >= 0.3 is 5.97 Å². The maximum atomic E-state index is 12.5. The molecule has 0 aliphatic heterocycles. The maximum absolute atomic E-state index is 12.5. The second-order valence-corrected chi connectivity index (χ2v) is 6.89. The molecule has 1 atom stereocenters. The fourth-order valence-corrected chi connectivity index (χ4v) is 2.70. The van der Waals surface area contributed by atoms with Crippen molar-refractivity contribution < 1.29 is 19.1 Å². The molecule has 0 radical (unpaired) electrons. The molecule has 1 heterocycles. The van der Waals surface area contributed by atoms with Gasteiger partial charge in [-0.1, -0.05) is 49.4 Å². The molecule has 9 nitrogen and oxygen atoms in total. The smallest absolute Gasteiger partial charge is 0.330 e. The molecule has 9 heteroatoms. The van der Waals surface area contributed by atoms with Crippen LogP contribution in [-0.4, -0.2) is 39.5 Å². The van der Waals surface area contributed by atoms with Crippen LogP contribution in [0.25, 0.3) is 10.9 Å². The summed E-state index contributed by atoms with van der Waals surface area (Å²) < 4.78 is 11.6. The van der Waals surface area contributed by atoms with Gasteiger partial charge in [-0.2, -0.15) is 4.68 Å². The number of esters is 1. The Bertz CT molecular complexity index is 1080. The maximum Gasteiger partial charge on any atom is 0.330 e. The van der Waals surface area contributed by atoms with Crippen LogP contribution in [0.4, 0.5) is 0 Å². The Morgan fingerprint density at radius 1 is 1.07 bits per heavy atom. The van der Waals surface area contributed by atoms with E-state index in [0.717, 1.165) is 4.68 Å². The summed E-state index contributed by atoms with van der Waals surface area (Å²) >= 11 is 0. The van der Waals surface area contributed by atoms with Crippen LogP contribution in [0.5, 0.6) is 5.75 Å². The number of fused-ring (bicyclic) bond motifs is 1. The quantitative estimate of drug-likeness (QED) is 0.560. The summed E-state index contributed by atoms with van der Waals surface area (Å²) in [5, 5.41) is 10.7. The van der Waals surface area contributed by atoms with E-state index in [0.29, 0.717) is 16.7 Å². The number of aromatic nitrogens is 3. The molecule has 3 aromatic rings. The van der Waals surface area contributed by atoms with Crippen molar-refractivity contribution in [2.75, 3.05) is 6.61 Å². The van der Waals surface area contributed by atoms with Crippen molar-refractivity contribution in [1.29, 1.82) is 0 Å². The number of para-hydroxylation sites is 1. The van der Waals surface area contributed by atoms with Crippen LogP contribution in [0, 0.1) is 5.92 Å². The van der Waals surface area contributed by atoms with Crippen LogP contribution in [0.1, 0.15) is 13.8 Å². The standard InChI is InChI=1S/C21H22N4O5/c1-14(2)19(22-18(26)12-29-15-8-4-3-5-9-15)21(28)30-13-25-20(27)16-10-6-7-11-17(16)23-24-25/h3-11,14,19H,12-13H2,1-2H3,(H,22,26)/t19-/m0/s1. The first-order valence-corrected chi connectivity index (χ1v) is 9.42. The van der Waals surface area contributed by atoms with Crippen LogP contribution in [0.3, 0.4) is 0 Å². The Kier molecular flexibility index (Phi) is 6.74. The van der Waals surface area contributed by atoms with E-state index in [-0.39, 0.29) is 12.5 Å². The van der Waals surface area contributed by atoms with Crippen LogP contribution < -0.4 is 15.6 Å². The Hall–Kier alpha value is -3.75. The van der Waals surface area contributed by atoms with Gasteiger partial charge in [0.25, 0.3) is 11.5 Å². The van der Waals surface area contributed by atoms with Crippen LogP contribution >= 0.6 is 0 Å². The van der Waals surface area contributed by atoms with E-state index in [2.05, 4.69) is 15.6 Å². The van der Waals surface area contributed by atoms with Crippen LogP contribution in [0.2, 0.25) is 0 Å². The van der Waals surface area contributed by atoms with Gasteiger partial charge in [-0.05, 0) is 30.2 Å². The molecule has 0 spiro atoms. The Morgan fingerprint density at radius 2 is 1.77 bits per heavy atom. The highest BCUT2D eigenvalue weighted by Crippen LogP contribution is 2.09.